The van der Waals surface area contributed by atoms with E-state index in [0.717, 1.165) is 4.48 Å². The number of hydrogen-bond donors (Lipinski definition) is 1. The molecule has 3 nitrogen and oxygen atoms in total. The second kappa shape index (κ2) is 4.90. The number of hydrogen-bond acceptors (Lipinski definition) is 1. The molecule has 0 amide bonds. The molecule has 0 saturated carbocycles. The maximum atomic E-state index is 9.11. The predicted octanol–water partition coefficient (Wildman–Crippen LogP) is 0.160. The van der Waals surface area contributed by atoms with E-state index < -0.39 is 11.1 Å². The SMILES string of the molecule is CS(=O)O.C[N+](C)(C)C. The van der Waals surface area contributed by atoms with Crippen LogP contribution in [0, 0.1) is 0 Å². The van der Waals surface area contributed by atoms with Crippen molar-refractivity contribution in [3.63, 3.8) is 0 Å². The van der Waals surface area contributed by atoms with Crippen LogP contribution in [0.25, 0.3) is 0 Å². The van der Waals surface area contributed by atoms with E-state index in [4.69, 9.17) is 8.76 Å². The monoisotopic (exact) mass is 154 g/mol. The minimum absolute atomic E-state index is 1.00. The first kappa shape index (κ1) is 11.8. The van der Waals surface area contributed by atoms with Crippen LogP contribution >= 0.6 is 0 Å². The molecule has 0 heterocycles. The van der Waals surface area contributed by atoms with Gasteiger partial charge < -0.3 is 9.04 Å². The molecule has 0 saturated heterocycles. The summed E-state index contributed by atoms with van der Waals surface area (Å²) in [5.41, 5.74) is 0. The van der Waals surface area contributed by atoms with Gasteiger partial charge in [-0.05, 0) is 0 Å². The van der Waals surface area contributed by atoms with Crippen molar-refractivity contribution in [1.29, 1.82) is 0 Å². The van der Waals surface area contributed by atoms with E-state index in [-0.39, 0.29) is 0 Å². The van der Waals surface area contributed by atoms with Gasteiger partial charge in [-0.1, -0.05) is 0 Å². The highest BCUT2D eigenvalue weighted by atomic mass is 32.2. The van der Waals surface area contributed by atoms with Gasteiger partial charge in [0.05, 0.1) is 28.2 Å². The maximum absolute atomic E-state index is 9.11. The van der Waals surface area contributed by atoms with E-state index in [1.54, 1.807) is 0 Å². The number of nitrogens with zero attached hydrogens (tertiary/aromatic N) is 1. The molecule has 58 valence electrons. The van der Waals surface area contributed by atoms with Crippen molar-refractivity contribution in [3.05, 3.63) is 0 Å². The molecule has 0 aliphatic heterocycles. The molecule has 0 aliphatic carbocycles. The topological polar surface area (TPSA) is 37.3 Å². The van der Waals surface area contributed by atoms with Crippen LogP contribution in [-0.2, 0) is 11.1 Å². The molecule has 0 fully saturated rings. The highest BCUT2D eigenvalue weighted by molar-refractivity contribution is 7.78. The Morgan fingerprint density at radius 2 is 1.22 bits per heavy atom. The number of rotatable bonds is 0. The van der Waals surface area contributed by atoms with Crippen molar-refractivity contribution in [2.45, 2.75) is 0 Å². The predicted molar refractivity (Wildman–Crippen MR) is 40.7 cm³/mol. The molecule has 4 heteroatoms. The summed E-state index contributed by atoms with van der Waals surface area (Å²) >= 11 is -1.61. The molecule has 0 bridgehead atoms. The van der Waals surface area contributed by atoms with Crippen LogP contribution in [0.1, 0.15) is 0 Å². The normalized spacial score (nSPS) is 13.6. The van der Waals surface area contributed by atoms with Crippen molar-refractivity contribution in [3.8, 4) is 0 Å². The van der Waals surface area contributed by atoms with E-state index in [1.807, 2.05) is 0 Å². The highest BCUT2D eigenvalue weighted by Crippen LogP contribution is 1.73. The van der Waals surface area contributed by atoms with Gasteiger partial charge in [-0.2, -0.15) is 0 Å². The zero-order valence-corrected chi connectivity index (χ0v) is 7.53. The van der Waals surface area contributed by atoms with Crippen LogP contribution in [0.2, 0.25) is 0 Å². The average Bonchev–Trinajstić information content (AvgIpc) is 1.19. The Hall–Kier alpha value is 0.0700. The molecule has 9 heavy (non-hydrogen) atoms. The van der Waals surface area contributed by atoms with E-state index in [1.165, 1.54) is 6.26 Å². The van der Waals surface area contributed by atoms with Crippen molar-refractivity contribution >= 4 is 11.1 Å². The van der Waals surface area contributed by atoms with Crippen LogP contribution in [0.4, 0.5) is 0 Å². The van der Waals surface area contributed by atoms with Gasteiger partial charge in [0.2, 0.25) is 0 Å². The summed E-state index contributed by atoms with van der Waals surface area (Å²) in [5.74, 6) is 0. The maximum Gasteiger partial charge on any atom is 0.149 e. The molecular formula is C5H16NO2S+. The Morgan fingerprint density at radius 3 is 1.22 bits per heavy atom. The van der Waals surface area contributed by atoms with Gasteiger partial charge in [0.15, 0.2) is 0 Å². The third-order valence-electron chi connectivity index (χ3n) is 0. The first-order valence-electron chi connectivity index (χ1n) is 2.55. The second-order valence-corrected chi connectivity index (χ2v) is 3.95. The van der Waals surface area contributed by atoms with Crippen LogP contribution in [0.5, 0.6) is 0 Å². The zero-order chi connectivity index (χ0) is 8.08. The van der Waals surface area contributed by atoms with Crippen LogP contribution in [-0.4, -0.2) is 47.7 Å². The van der Waals surface area contributed by atoms with Crippen molar-refractivity contribution in [2.24, 2.45) is 0 Å². The Bertz CT molecular complexity index is 77.4. The fourth-order valence-corrected chi connectivity index (χ4v) is 0. The highest BCUT2D eigenvalue weighted by Gasteiger charge is 1.88. The summed E-state index contributed by atoms with van der Waals surface area (Å²) in [6.45, 7) is 0. The van der Waals surface area contributed by atoms with E-state index in [9.17, 15) is 0 Å². The van der Waals surface area contributed by atoms with Gasteiger partial charge in [0.1, 0.15) is 11.1 Å². The van der Waals surface area contributed by atoms with Gasteiger partial charge in [-0.15, -0.1) is 0 Å². The average molecular weight is 154 g/mol. The molecule has 1 atom stereocenters. The molecule has 1 unspecified atom stereocenters. The molecule has 0 aromatic carbocycles. The van der Waals surface area contributed by atoms with Gasteiger partial charge in [0.25, 0.3) is 0 Å². The Morgan fingerprint density at radius 1 is 1.22 bits per heavy atom. The molecule has 0 spiro atoms. The minimum atomic E-state index is -1.61. The first-order valence-corrected chi connectivity index (χ1v) is 4.06. The van der Waals surface area contributed by atoms with Crippen molar-refractivity contribution in [2.75, 3.05) is 34.4 Å². The Balaban J connectivity index is 0. The van der Waals surface area contributed by atoms with Gasteiger partial charge in [0, 0.05) is 6.26 Å². The molecule has 0 aromatic heterocycles. The lowest BCUT2D eigenvalue weighted by Crippen LogP contribution is -2.27. The van der Waals surface area contributed by atoms with E-state index >= 15 is 0 Å². The Kier molecular flexibility index (Phi) is 6.44. The lowest BCUT2D eigenvalue weighted by atomic mass is 10.8. The summed E-state index contributed by atoms with van der Waals surface area (Å²) in [5, 5.41) is 0. The Labute approximate surface area is 59.6 Å². The fraction of sp³-hybridized carbons (Fsp3) is 1.00. The van der Waals surface area contributed by atoms with Crippen LogP contribution < -0.4 is 0 Å². The third kappa shape index (κ3) is 60700. The first-order chi connectivity index (χ1) is 3.73. The van der Waals surface area contributed by atoms with Gasteiger partial charge in [-0.3, -0.25) is 0 Å². The van der Waals surface area contributed by atoms with Crippen molar-refractivity contribution < 1.29 is 13.2 Å². The third-order valence-corrected chi connectivity index (χ3v) is 0. The molecule has 0 aromatic rings. The molecule has 0 radical (unpaired) electrons. The van der Waals surface area contributed by atoms with E-state index in [0.29, 0.717) is 0 Å². The summed E-state index contributed by atoms with van der Waals surface area (Å²) in [6, 6.07) is 0. The standard InChI is InChI=1S/C4H12N.CH4O2S/c1-5(2,3)4;1-4(2)3/h1-4H3;1H3,(H,2,3)/q+1;. The quantitative estimate of drug-likeness (QED) is 0.398. The lowest BCUT2D eigenvalue weighted by Gasteiger charge is -2.14. The summed E-state index contributed by atoms with van der Waals surface area (Å²) in [4.78, 5) is 0. The summed E-state index contributed by atoms with van der Waals surface area (Å²) in [7, 11) is 8.50. The number of quaternary nitrogens is 1. The van der Waals surface area contributed by atoms with Gasteiger partial charge in [-0.25, -0.2) is 4.21 Å². The molecular weight excluding hydrogens is 138 g/mol. The molecule has 1 N–H and O–H groups in total. The van der Waals surface area contributed by atoms with Gasteiger partial charge >= 0.3 is 0 Å². The van der Waals surface area contributed by atoms with Crippen LogP contribution in [0.3, 0.4) is 0 Å². The lowest BCUT2D eigenvalue weighted by molar-refractivity contribution is -0.849. The van der Waals surface area contributed by atoms with E-state index in [2.05, 4.69) is 28.2 Å². The molecule has 0 rings (SSSR count). The fourth-order valence-electron chi connectivity index (χ4n) is 0. The van der Waals surface area contributed by atoms with Crippen molar-refractivity contribution in [1.82, 2.24) is 0 Å². The molecule has 0 aliphatic rings. The summed E-state index contributed by atoms with van der Waals surface area (Å²) in [6.07, 6.45) is 1.19. The van der Waals surface area contributed by atoms with Crippen LogP contribution in [0.15, 0.2) is 0 Å². The second-order valence-electron chi connectivity index (χ2n) is 3.11. The smallest absolute Gasteiger partial charge is 0.149 e. The summed E-state index contributed by atoms with van der Waals surface area (Å²) < 4.78 is 17.6. The zero-order valence-electron chi connectivity index (χ0n) is 6.71. The largest absolute Gasteiger partial charge is 0.333 e. The minimum Gasteiger partial charge on any atom is -0.333 e.